The number of rotatable bonds is 4. The lowest BCUT2D eigenvalue weighted by molar-refractivity contribution is -0.153. The maximum absolute atomic E-state index is 12.3. The van der Waals surface area contributed by atoms with Gasteiger partial charge in [0.15, 0.2) is 0 Å². The van der Waals surface area contributed by atoms with Crippen molar-refractivity contribution in [3.05, 3.63) is 35.9 Å². The van der Waals surface area contributed by atoms with Gasteiger partial charge in [-0.3, -0.25) is 9.59 Å². The zero-order valence-electron chi connectivity index (χ0n) is 12.3. The molecular formula is C16H22N2O3. The number of hydrogen-bond acceptors (Lipinski definition) is 3. The number of carbonyl (C=O) groups is 2. The summed E-state index contributed by atoms with van der Waals surface area (Å²) >= 11 is 0. The molecule has 0 bridgehead atoms. The maximum atomic E-state index is 12.3. The highest BCUT2D eigenvalue weighted by atomic mass is 16.4. The first-order valence-electron chi connectivity index (χ1n) is 7.24. The van der Waals surface area contributed by atoms with Crippen molar-refractivity contribution in [3.8, 4) is 0 Å². The first-order chi connectivity index (χ1) is 9.92. The number of nitrogens with two attached hydrogens (primary N) is 1. The normalized spacial score (nSPS) is 19.0. The van der Waals surface area contributed by atoms with Crippen molar-refractivity contribution in [1.29, 1.82) is 0 Å². The van der Waals surface area contributed by atoms with E-state index in [1.165, 1.54) is 0 Å². The third kappa shape index (κ3) is 3.61. The van der Waals surface area contributed by atoms with Crippen LogP contribution in [0.15, 0.2) is 30.3 Å². The van der Waals surface area contributed by atoms with E-state index in [0.717, 1.165) is 5.56 Å². The van der Waals surface area contributed by atoms with Crippen LogP contribution in [-0.2, 0) is 16.0 Å². The minimum Gasteiger partial charge on any atom is -0.481 e. The molecule has 0 saturated carbocycles. The van der Waals surface area contributed by atoms with Crippen LogP contribution < -0.4 is 5.73 Å². The van der Waals surface area contributed by atoms with Crippen LogP contribution in [0.3, 0.4) is 0 Å². The molecule has 1 fully saturated rings. The van der Waals surface area contributed by atoms with E-state index in [1.54, 1.807) is 11.8 Å². The van der Waals surface area contributed by atoms with E-state index >= 15 is 0 Å². The topological polar surface area (TPSA) is 83.6 Å². The molecule has 0 unspecified atom stereocenters. The van der Waals surface area contributed by atoms with Gasteiger partial charge in [-0.25, -0.2) is 0 Å². The van der Waals surface area contributed by atoms with Crippen molar-refractivity contribution in [3.63, 3.8) is 0 Å². The van der Waals surface area contributed by atoms with Crippen molar-refractivity contribution in [2.45, 2.75) is 32.2 Å². The molecule has 1 saturated heterocycles. The summed E-state index contributed by atoms with van der Waals surface area (Å²) < 4.78 is 0. The second-order valence-electron chi connectivity index (χ2n) is 5.99. The van der Waals surface area contributed by atoms with Crippen molar-refractivity contribution in [1.82, 2.24) is 4.90 Å². The van der Waals surface area contributed by atoms with E-state index in [-0.39, 0.29) is 5.91 Å². The van der Waals surface area contributed by atoms with Crippen LogP contribution in [0, 0.1) is 5.41 Å². The van der Waals surface area contributed by atoms with Gasteiger partial charge in [0.2, 0.25) is 5.91 Å². The summed E-state index contributed by atoms with van der Waals surface area (Å²) in [6.07, 6.45) is 1.46. The fourth-order valence-electron chi connectivity index (χ4n) is 2.62. The van der Waals surface area contributed by atoms with Gasteiger partial charge in [0, 0.05) is 13.1 Å². The van der Waals surface area contributed by atoms with Crippen LogP contribution in [0.25, 0.3) is 0 Å². The lowest BCUT2D eigenvalue weighted by Gasteiger charge is -2.37. The van der Waals surface area contributed by atoms with E-state index in [2.05, 4.69) is 0 Å². The van der Waals surface area contributed by atoms with E-state index in [9.17, 15) is 14.7 Å². The Bertz CT molecular complexity index is 508. The number of benzene rings is 1. The number of carboxylic acid groups (broad SMARTS) is 1. The Morgan fingerprint density at radius 2 is 1.86 bits per heavy atom. The Morgan fingerprint density at radius 1 is 1.29 bits per heavy atom. The zero-order valence-corrected chi connectivity index (χ0v) is 12.3. The molecule has 1 aliphatic heterocycles. The smallest absolute Gasteiger partial charge is 0.309 e. The fourth-order valence-corrected chi connectivity index (χ4v) is 2.62. The van der Waals surface area contributed by atoms with Gasteiger partial charge in [-0.05, 0) is 31.7 Å². The maximum Gasteiger partial charge on any atom is 0.309 e. The minimum atomic E-state index is -0.789. The number of aliphatic carboxylic acids is 1. The van der Waals surface area contributed by atoms with Crippen LogP contribution in [0.4, 0.5) is 0 Å². The molecule has 3 N–H and O–H groups in total. The average molecular weight is 290 g/mol. The molecule has 1 aliphatic rings. The molecule has 1 amide bonds. The van der Waals surface area contributed by atoms with Crippen LogP contribution in [-0.4, -0.2) is 41.0 Å². The lowest BCUT2D eigenvalue weighted by Crippen LogP contribution is -2.51. The number of piperidine rings is 1. The number of likely N-dealkylation sites (tertiary alicyclic amines) is 1. The van der Waals surface area contributed by atoms with Gasteiger partial charge in [0.05, 0.1) is 11.5 Å². The molecular weight excluding hydrogens is 268 g/mol. The Balaban J connectivity index is 1.91. The summed E-state index contributed by atoms with van der Waals surface area (Å²) in [4.78, 5) is 25.2. The SMILES string of the molecule is CC1(C(=O)O)CCN(C(=O)[C@H](N)Cc2ccccc2)CC1. The largest absolute Gasteiger partial charge is 0.481 e. The van der Waals surface area contributed by atoms with Gasteiger partial charge >= 0.3 is 5.97 Å². The second-order valence-corrected chi connectivity index (χ2v) is 5.99. The number of amides is 1. The highest BCUT2D eigenvalue weighted by Gasteiger charge is 2.38. The summed E-state index contributed by atoms with van der Waals surface area (Å²) in [5.41, 5.74) is 6.31. The Kier molecular flexibility index (Phi) is 4.63. The fraction of sp³-hybridized carbons (Fsp3) is 0.500. The van der Waals surface area contributed by atoms with E-state index in [1.807, 2.05) is 30.3 Å². The molecule has 114 valence electrons. The Morgan fingerprint density at radius 3 is 2.38 bits per heavy atom. The molecule has 1 atom stereocenters. The van der Waals surface area contributed by atoms with Gasteiger partial charge in [-0.15, -0.1) is 0 Å². The highest BCUT2D eigenvalue weighted by molar-refractivity contribution is 5.82. The molecule has 5 nitrogen and oxygen atoms in total. The average Bonchev–Trinajstić information content (AvgIpc) is 2.48. The number of hydrogen-bond donors (Lipinski definition) is 2. The van der Waals surface area contributed by atoms with Crippen LogP contribution in [0.5, 0.6) is 0 Å². The zero-order chi connectivity index (χ0) is 15.5. The predicted molar refractivity (Wildman–Crippen MR) is 79.7 cm³/mol. The second kappa shape index (κ2) is 6.26. The van der Waals surface area contributed by atoms with Crippen LogP contribution >= 0.6 is 0 Å². The van der Waals surface area contributed by atoms with Gasteiger partial charge in [-0.1, -0.05) is 30.3 Å². The van der Waals surface area contributed by atoms with Gasteiger partial charge in [0.25, 0.3) is 0 Å². The quantitative estimate of drug-likeness (QED) is 0.874. The number of carbonyl (C=O) groups excluding carboxylic acids is 1. The molecule has 1 aromatic rings. The molecule has 0 aliphatic carbocycles. The molecule has 1 heterocycles. The molecule has 0 spiro atoms. The summed E-state index contributed by atoms with van der Waals surface area (Å²) in [7, 11) is 0. The van der Waals surface area contributed by atoms with Gasteiger partial charge in [0.1, 0.15) is 0 Å². The standard InChI is InChI=1S/C16H22N2O3/c1-16(15(20)21)7-9-18(10-8-16)14(19)13(17)11-12-5-3-2-4-6-12/h2-6,13H,7-11,17H2,1H3,(H,20,21)/t13-/m1/s1. The third-order valence-electron chi connectivity index (χ3n) is 4.31. The molecule has 1 aromatic carbocycles. The molecule has 21 heavy (non-hydrogen) atoms. The Labute approximate surface area is 124 Å². The third-order valence-corrected chi connectivity index (χ3v) is 4.31. The summed E-state index contributed by atoms with van der Waals surface area (Å²) in [6, 6.07) is 9.10. The van der Waals surface area contributed by atoms with Crippen LogP contribution in [0.2, 0.25) is 0 Å². The van der Waals surface area contributed by atoms with Crippen LogP contribution in [0.1, 0.15) is 25.3 Å². The molecule has 5 heteroatoms. The first-order valence-corrected chi connectivity index (χ1v) is 7.24. The first kappa shape index (κ1) is 15.5. The van der Waals surface area contributed by atoms with E-state index in [4.69, 9.17) is 5.73 Å². The van der Waals surface area contributed by atoms with E-state index < -0.39 is 17.4 Å². The lowest BCUT2D eigenvalue weighted by atomic mass is 9.80. The minimum absolute atomic E-state index is 0.0914. The summed E-state index contributed by atoms with van der Waals surface area (Å²) in [5, 5.41) is 9.20. The monoisotopic (exact) mass is 290 g/mol. The van der Waals surface area contributed by atoms with Crippen molar-refractivity contribution in [2.75, 3.05) is 13.1 Å². The summed E-state index contributed by atoms with van der Waals surface area (Å²) in [6.45, 7) is 2.66. The van der Waals surface area contributed by atoms with Gasteiger partial charge < -0.3 is 15.7 Å². The molecule has 0 aromatic heterocycles. The summed E-state index contributed by atoms with van der Waals surface area (Å²) in [5.74, 6) is -0.880. The Hall–Kier alpha value is -1.88. The van der Waals surface area contributed by atoms with Gasteiger partial charge in [-0.2, -0.15) is 0 Å². The van der Waals surface area contributed by atoms with Crippen molar-refractivity contribution < 1.29 is 14.7 Å². The van der Waals surface area contributed by atoms with Crippen molar-refractivity contribution >= 4 is 11.9 Å². The highest BCUT2D eigenvalue weighted by Crippen LogP contribution is 2.31. The predicted octanol–water partition coefficient (Wildman–Crippen LogP) is 1.27. The number of carboxylic acids is 1. The number of nitrogens with zero attached hydrogens (tertiary/aromatic N) is 1. The van der Waals surface area contributed by atoms with E-state index in [0.29, 0.717) is 32.4 Å². The molecule has 2 rings (SSSR count). The molecule has 0 radical (unpaired) electrons. The van der Waals surface area contributed by atoms with Crippen molar-refractivity contribution in [2.24, 2.45) is 11.1 Å².